The number of ether oxygens (including phenoxy) is 2. The van der Waals surface area contributed by atoms with E-state index in [9.17, 15) is 24.9 Å². The summed E-state index contributed by atoms with van der Waals surface area (Å²) < 4.78 is 41.5. The van der Waals surface area contributed by atoms with Crippen molar-refractivity contribution in [2.45, 2.75) is 135 Å². The number of carboxylic acids is 1. The maximum absolute atomic E-state index is 15.3. The minimum atomic E-state index is -3.20. The molecule has 1 aliphatic rings. The third kappa shape index (κ3) is 14.0. The minimum Gasteiger partial charge on any atom is -0.478 e. The zero-order valence-corrected chi connectivity index (χ0v) is 26.3. The Morgan fingerprint density at radius 2 is 1.74 bits per heavy atom. The average Bonchev–Trinajstić information content (AvgIpc) is 2.92. The molecule has 0 aromatic rings. The predicted molar refractivity (Wildman–Crippen MR) is 160 cm³/mol. The molecular weight excluding hydrogens is 564 g/mol. The summed E-state index contributed by atoms with van der Waals surface area (Å²) in [5, 5.41) is 42.2. The maximum atomic E-state index is 15.3. The van der Waals surface area contributed by atoms with E-state index in [0.29, 0.717) is 32.1 Å². The van der Waals surface area contributed by atoms with Crippen molar-refractivity contribution in [1.29, 1.82) is 0 Å². The normalized spacial score (nSPS) is 22.9. The molecule has 5 unspecified atom stereocenters. The summed E-state index contributed by atoms with van der Waals surface area (Å²) in [6, 6.07) is 0. The lowest BCUT2D eigenvalue weighted by Gasteiger charge is -2.37. The molecule has 0 aliphatic carbocycles. The summed E-state index contributed by atoms with van der Waals surface area (Å²) in [5.74, 6) is -4.87. The molecular formula is C32H53F2NO8. The van der Waals surface area contributed by atoms with Crippen molar-refractivity contribution in [3.8, 4) is 0 Å². The monoisotopic (exact) mass is 617 g/mol. The van der Waals surface area contributed by atoms with Gasteiger partial charge in [0.05, 0.1) is 24.4 Å². The van der Waals surface area contributed by atoms with Crippen LogP contribution in [0.3, 0.4) is 0 Å². The zero-order valence-electron chi connectivity index (χ0n) is 26.3. The number of aliphatic carboxylic acids is 1. The molecule has 1 heterocycles. The van der Waals surface area contributed by atoms with Gasteiger partial charge in [0.2, 0.25) is 0 Å². The lowest BCUT2D eigenvalue weighted by Crippen LogP contribution is -2.51. The summed E-state index contributed by atoms with van der Waals surface area (Å²) >= 11 is 0. The first kappa shape index (κ1) is 38.8. The summed E-state index contributed by atoms with van der Waals surface area (Å²) in [6.07, 6.45) is 3.30. The first-order chi connectivity index (χ1) is 20.0. The van der Waals surface area contributed by atoms with E-state index in [1.807, 2.05) is 26.0 Å². The van der Waals surface area contributed by atoms with Gasteiger partial charge in [0.1, 0.15) is 6.23 Å². The number of allylic oxidation sites excluding steroid dienone is 3. The van der Waals surface area contributed by atoms with Crippen LogP contribution < -0.4 is 5.32 Å². The lowest BCUT2D eigenvalue weighted by molar-refractivity contribution is -0.152. The van der Waals surface area contributed by atoms with Gasteiger partial charge in [0, 0.05) is 30.9 Å². The van der Waals surface area contributed by atoms with E-state index in [1.165, 1.54) is 27.0 Å². The second kappa shape index (κ2) is 18.6. The summed E-state index contributed by atoms with van der Waals surface area (Å²) in [6.45, 7) is 10.5. The molecule has 248 valence electrons. The maximum Gasteiger partial charge on any atom is 0.327 e. The number of alkyl halides is 2. The molecule has 43 heavy (non-hydrogen) atoms. The van der Waals surface area contributed by atoms with Crippen LogP contribution in [-0.4, -0.2) is 82.1 Å². The van der Waals surface area contributed by atoms with Crippen LogP contribution in [0.1, 0.15) is 91.9 Å². The zero-order chi connectivity index (χ0) is 32.8. The Morgan fingerprint density at radius 1 is 1.09 bits per heavy atom. The van der Waals surface area contributed by atoms with Crippen LogP contribution in [-0.2, 0) is 19.1 Å². The highest BCUT2D eigenvalue weighted by molar-refractivity contribution is 5.81. The van der Waals surface area contributed by atoms with Crippen molar-refractivity contribution < 1.29 is 48.3 Å². The van der Waals surface area contributed by atoms with E-state index in [2.05, 4.69) is 11.9 Å². The quantitative estimate of drug-likeness (QED) is 0.0562. The Bertz CT molecular complexity index is 938. The van der Waals surface area contributed by atoms with Gasteiger partial charge in [-0.25, -0.2) is 13.6 Å². The lowest BCUT2D eigenvalue weighted by atomic mass is 9.77. The Hall–Kier alpha value is -2.18. The SMILES string of the molecule is C=C1CC([C@H](O)C(=O)NC(CCC(F)(F)C(C)(C)CC(O)CCC(O)CCC/C=C/C/C=C/C(=O)O)OC)OC(C)[C@@H]1C. The van der Waals surface area contributed by atoms with Crippen LogP contribution in [0.4, 0.5) is 8.78 Å². The number of methoxy groups -OCH3 is 1. The first-order valence-corrected chi connectivity index (χ1v) is 15.1. The molecule has 11 heteroatoms. The van der Waals surface area contributed by atoms with Crippen LogP contribution in [0.15, 0.2) is 36.5 Å². The highest BCUT2D eigenvalue weighted by Gasteiger charge is 2.47. The Kier molecular flexibility index (Phi) is 16.8. The molecule has 1 aliphatic heterocycles. The van der Waals surface area contributed by atoms with Gasteiger partial charge in [-0.15, -0.1) is 0 Å². The van der Waals surface area contributed by atoms with Gasteiger partial charge in [-0.05, 0) is 64.7 Å². The number of halogens is 2. The smallest absolute Gasteiger partial charge is 0.327 e. The number of amides is 1. The van der Waals surface area contributed by atoms with Gasteiger partial charge in [0.25, 0.3) is 11.8 Å². The highest BCUT2D eigenvalue weighted by atomic mass is 19.3. The topological polar surface area (TPSA) is 146 Å². The molecule has 0 aromatic carbocycles. The fourth-order valence-electron chi connectivity index (χ4n) is 5.02. The molecule has 0 aromatic heterocycles. The van der Waals surface area contributed by atoms with Crippen LogP contribution in [0.2, 0.25) is 0 Å². The molecule has 1 rings (SSSR count). The van der Waals surface area contributed by atoms with Crippen LogP contribution in [0.5, 0.6) is 0 Å². The first-order valence-electron chi connectivity index (χ1n) is 15.1. The number of rotatable bonds is 20. The second-order valence-corrected chi connectivity index (χ2v) is 12.3. The van der Waals surface area contributed by atoms with Gasteiger partial charge in [-0.2, -0.15) is 0 Å². The fourth-order valence-corrected chi connectivity index (χ4v) is 5.02. The number of carboxylic acid groups (broad SMARTS) is 1. The number of hydrogen-bond donors (Lipinski definition) is 5. The van der Waals surface area contributed by atoms with Gasteiger partial charge in [0.15, 0.2) is 6.10 Å². The second-order valence-electron chi connectivity index (χ2n) is 12.3. The minimum absolute atomic E-state index is 0.0911. The number of unbranched alkanes of at least 4 members (excludes halogenated alkanes) is 1. The van der Waals surface area contributed by atoms with Crippen molar-refractivity contribution in [1.82, 2.24) is 5.32 Å². The number of nitrogens with one attached hydrogen (secondary N) is 1. The Morgan fingerprint density at radius 3 is 2.35 bits per heavy atom. The largest absolute Gasteiger partial charge is 0.478 e. The van der Waals surface area contributed by atoms with E-state index < -0.39 is 60.3 Å². The molecule has 0 spiro atoms. The van der Waals surface area contributed by atoms with Gasteiger partial charge in [-0.1, -0.05) is 51.2 Å². The number of aliphatic hydroxyl groups is 3. The van der Waals surface area contributed by atoms with E-state index in [-0.39, 0.29) is 37.7 Å². The molecule has 1 fully saturated rings. The van der Waals surface area contributed by atoms with Crippen LogP contribution >= 0.6 is 0 Å². The number of carbonyl (C=O) groups is 2. The summed E-state index contributed by atoms with van der Waals surface area (Å²) in [4.78, 5) is 23.0. The number of hydrogen-bond acceptors (Lipinski definition) is 7. The van der Waals surface area contributed by atoms with E-state index in [1.54, 1.807) is 0 Å². The van der Waals surface area contributed by atoms with Crippen LogP contribution in [0.25, 0.3) is 0 Å². The average molecular weight is 618 g/mol. The van der Waals surface area contributed by atoms with Crippen molar-refractivity contribution >= 4 is 11.9 Å². The molecule has 0 radical (unpaired) electrons. The molecule has 0 saturated carbocycles. The Labute approximate surface area is 255 Å². The summed E-state index contributed by atoms with van der Waals surface area (Å²) in [7, 11) is 1.29. The third-order valence-electron chi connectivity index (χ3n) is 8.31. The molecule has 1 amide bonds. The molecule has 9 nitrogen and oxygen atoms in total. The molecule has 7 atom stereocenters. The van der Waals surface area contributed by atoms with Gasteiger partial charge in [-0.3, -0.25) is 4.79 Å². The standard InChI is InChI=1S/C32H53F2NO8/c1-21-19-26(43-23(3)22(21)2)29(40)30(41)35-27(42-6)17-18-32(33,34)31(4,5)20-25(37)16-15-24(36)13-11-9-7-8-10-12-14-28(38)39/h7-8,12,14,22-27,29,36-37,40H,1,9-11,13,15-20H2,2-6H3,(H,35,41)(H,38,39)/b8-7+,14-12+/t22-,23?,24?,25?,26?,27?,29+/m1/s1. The highest BCUT2D eigenvalue weighted by Crippen LogP contribution is 2.44. The van der Waals surface area contributed by atoms with Crippen molar-refractivity contribution in [3.63, 3.8) is 0 Å². The summed E-state index contributed by atoms with van der Waals surface area (Å²) in [5.41, 5.74) is -0.700. The number of aliphatic hydroxyl groups excluding tert-OH is 3. The third-order valence-corrected chi connectivity index (χ3v) is 8.31. The predicted octanol–water partition coefficient (Wildman–Crippen LogP) is 4.90. The van der Waals surface area contributed by atoms with Gasteiger partial charge < -0.3 is 35.2 Å². The van der Waals surface area contributed by atoms with Gasteiger partial charge >= 0.3 is 5.97 Å². The molecule has 1 saturated heterocycles. The van der Waals surface area contributed by atoms with E-state index in [0.717, 1.165) is 11.6 Å². The van der Waals surface area contributed by atoms with Crippen molar-refractivity contribution in [2.24, 2.45) is 11.3 Å². The fraction of sp³-hybridized carbons (Fsp3) is 0.750. The van der Waals surface area contributed by atoms with E-state index in [4.69, 9.17) is 14.6 Å². The molecule has 0 bridgehead atoms. The van der Waals surface area contributed by atoms with Crippen LogP contribution in [0, 0.1) is 11.3 Å². The molecule has 5 N–H and O–H groups in total. The Balaban J connectivity index is 2.47. The number of carbonyl (C=O) groups excluding carboxylic acids is 1. The van der Waals surface area contributed by atoms with Crippen molar-refractivity contribution in [3.05, 3.63) is 36.5 Å². The van der Waals surface area contributed by atoms with Crippen molar-refractivity contribution in [2.75, 3.05) is 7.11 Å². The van der Waals surface area contributed by atoms with E-state index >= 15 is 8.78 Å².